The second-order valence-corrected chi connectivity index (χ2v) is 5.36. The topological polar surface area (TPSA) is 102 Å². The van der Waals surface area contributed by atoms with Gasteiger partial charge in [-0.2, -0.15) is 0 Å². The normalized spacial score (nSPS) is 10.1. The van der Waals surface area contributed by atoms with Crippen LogP contribution in [0.1, 0.15) is 10.4 Å². The molecule has 0 saturated heterocycles. The van der Waals surface area contributed by atoms with Crippen LogP contribution in [0.2, 0.25) is 0 Å². The SMILES string of the molecule is COc1ccc(C(=O)N(C)CC(=O)Nc2cccc(F)c2)cc1[N+](=O)[O-]. The predicted octanol–water partition coefficient (Wildman–Crippen LogP) is 2.45. The molecular weight excluding hydrogens is 345 g/mol. The molecule has 0 aliphatic carbocycles. The van der Waals surface area contributed by atoms with Gasteiger partial charge in [0.15, 0.2) is 5.75 Å². The summed E-state index contributed by atoms with van der Waals surface area (Å²) < 4.78 is 18.0. The monoisotopic (exact) mass is 361 g/mol. The van der Waals surface area contributed by atoms with Crippen LogP contribution in [0.3, 0.4) is 0 Å². The fourth-order valence-corrected chi connectivity index (χ4v) is 2.24. The summed E-state index contributed by atoms with van der Waals surface area (Å²) in [4.78, 5) is 35.9. The first-order valence-corrected chi connectivity index (χ1v) is 7.45. The first-order chi connectivity index (χ1) is 12.3. The minimum atomic E-state index is -0.660. The molecule has 136 valence electrons. The van der Waals surface area contributed by atoms with Gasteiger partial charge in [-0.25, -0.2) is 4.39 Å². The van der Waals surface area contributed by atoms with Crippen LogP contribution in [0, 0.1) is 15.9 Å². The maximum Gasteiger partial charge on any atom is 0.311 e. The number of carbonyl (C=O) groups is 2. The molecule has 0 radical (unpaired) electrons. The first kappa shape index (κ1) is 18.8. The highest BCUT2D eigenvalue weighted by atomic mass is 19.1. The molecule has 1 N–H and O–H groups in total. The van der Waals surface area contributed by atoms with Crippen LogP contribution in [0.5, 0.6) is 5.75 Å². The minimum Gasteiger partial charge on any atom is -0.490 e. The number of hydrogen-bond acceptors (Lipinski definition) is 5. The van der Waals surface area contributed by atoms with Gasteiger partial charge in [0.1, 0.15) is 5.82 Å². The van der Waals surface area contributed by atoms with E-state index in [2.05, 4.69) is 5.32 Å². The van der Waals surface area contributed by atoms with Gasteiger partial charge in [0.05, 0.1) is 18.6 Å². The summed E-state index contributed by atoms with van der Waals surface area (Å²) in [5, 5.41) is 13.5. The van der Waals surface area contributed by atoms with Crippen molar-refractivity contribution in [3.05, 3.63) is 64.0 Å². The second kappa shape index (κ2) is 8.06. The van der Waals surface area contributed by atoms with Crippen LogP contribution in [0.25, 0.3) is 0 Å². The smallest absolute Gasteiger partial charge is 0.311 e. The number of benzene rings is 2. The van der Waals surface area contributed by atoms with E-state index in [9.17, 15) is 24.1 Å². The third kappa shape index (κ3) is 4.53. The standard InChI is InChI=1S/C17H16FN3O5/c1-20(10-16(22)19-13-5-3-4-12(18)9-13)17(23)11-6-7-15(26-2)14(8-11)21(24)25/h3-9H,10H2,1-2H3,(H,19,22). The summed E-state index contributed by atoms with van der Waals surface area (Å²) in [5.41, 5.74) is -0.0505. The molecule has 2 aromatic carbocycles. The molecule has 2 aromatic rings. The molecule has 0 aromatic heterocycles. The number of ether oxygens (including phenoxy) is 1. The Labute approximate surface area is 148 Å². The van der Waals surface area contributed by atoms with Crippen molar-refractivity contribution < 1.29 is 23.6 Å². The Morgan fingerprint density at radius 3 is 2.62 bits per heavy atom. The summed E-state index contributed by atoms with van der Waals surface area (Å²) in [5.74, 6) is -1.59. The molecule has 8 nitrogen and oxygen atoms in total. The molecule has 0 atom stereocenters. The van der Waals surface area contributed by atoms with Crippen molar-refractivity contribution in [3.8, 4) is 5.75 Å². The molecule has 2 rings (SSSR count). The summed E-state index contributed by atoms with van der Waals surface area (Å²) in [6.45, 7) is -0.310. The van der Waals surface area contributed by atoms with Gasteiger partial charge in [0, 0.05) is 24.4 Å². The average Bonchev–Trinajstić information content (AvgIpc) is 2.60. The zero-order valence-corrected chi connectivity index (χ0v) is 14.1. The molecular formula is C17H16FN3O5. The number of nitrogens with zero attached hydrogens (tertiary/aromatic N) is 2. The number of halogens is 1. The molecule has 0 saturated carbocycles. The van der Waals surface area contributed by atoms with Crippen molar-refractivity contribution in [3.63, 3.8) is 0 Å². The number of nitro groups is 1. The van der Waals surface area contributed by atoms with Gasteiger partial charge < -0.3 is 15.0 Å². The lowest BCUT2D eigenvalue weighted by Gasteiger charge is -2.17. The molecule has 2 amide bonds. The van der Waals surface area contributed by atoms with Crippen LogP contribution in [-0.2, 0) is 4.79 Å². The molecule has 0 unspecified atom stereocenters. The first-order valence-electron chi connectivity index (χ1n) is 7.45. The number of rotatable bonds is 6. The van der Waals surface area contributed by atoms with E-state index in [1.54, 1.807) is 0 Å². The molecule has 0 spiro atoms. The molecule has 0 fully saturated rings. The third-order valence-corrected chi connectivity index (χ3v) is 3.46. The quantitative estimate of drug-likeness (QED) is 0.629. The number of hydrogen-bond donors (Lipinski definition) is 1. The fourth-order valence-electron chi connectivity index (χ4n) is 2.24. The van der Waals surface area contributed by atoms with E-state index in [-0.39, 0.29) is 29.2 Å². The van der Waals surface area contributed by atoms with Crippen molar-refractivity contribution in [1.29, 1.82) is 0 Å². The lowest BCUT2D eigenvalue weighted by molar-refractivity contribution is -0.385. The summed E-state index contributed by atoms with van der Waals surface area (Å²) in [7, 11) is 2.66. The Kier molecular flexibility index (Phi) is 5.84. The van der Waals surface area contributed by atoms with Crippen LogP contribution < -0.4 is 10.1 Å². The zero-order valence-electron chi connectivity index (χ0n) is 14.1. The largest absolute Gasteiger partial charge is 0.490 e. The van der Waals surface area contributed by atoms with Gasteiger partial charge in [0.2, 0.25) is 5.91 Å². The van der Waals surface area contributed by atoms with Gasteiger partial charge >= 0.3 is 5.69 Å². The van der Waals surface area contributed by atoms with E-state index in [1.807, 2.05) is 0 Å². The number of amides is 2. The van der Waals surface area contributed by atoms with Gasteiger partial charge in [-0.05, 0) is 30.3 Å². The molecule has 0 aliphatic heterocycles. The van der Waals surface area contributed by atoms with Crippen LogP contribution in [0.4, 0.5) is 15.8 Å². The van der Waals surface area contributed by atoms with Crippen LogP contribution >= 0.6 is 0 Å². The van der Waals surface area contributed by atoms with Crippen LogP contribution in [0.15, 0.2) is 42.5 Å². The Balaban J connectivity index is 2.08. The van der Waals surface area contributed by atoms with Crippen molar-refractivity contribution in [2.24, 2.45) is 0 Å². The number of methoxy groups -OCH3 is 1. The number of carbonyl (C=O) groups excluding carboxylic acids is 2. The number of nitrogens with one attached hydrogen (secondary N) is 1. The average molecular weight is 361 g/mol. The van der Waals surface area contributed by atoms with E-state index in [0.717, 1.165) is 17.0 Å². The summed E-state index contributed by atoms with van der Waals surface area (Å²) in [6.07, 6.45) is 0. The minimum absolute atomic E-state index is 0.0260. The Morgan fingerprint density at radius 2 is 2.00 bits per heavy atom. The number of likely N-dealkylation sites (N-methyl/N-ethyl adjacent to an activating group) is 1. The van der Waals surface area contributed by atoms with Crippen LogP contribution in [-0.4, -0.2) is 42.3 Å². The van der Waals surface area contributed by atoms with E-state index in [4.69, 9.17) is 4.74 Å². The van der Waals surface area contributed by atoms with Gasteiger partial charge in [-0.3, -0.25) is 19.7 Å². The lowest BCUT2D eigenvalue weighted by Crippen LogP contribution is -2.35. The van der Waals surface area contributed by atoms with Crippen molar-refractivity contribution in [2.75, 3.05) is 26.0 Å². The number of nitro benzene ring substituents is 1. The van der Waals surface area contributed by atoms with Crippen molar-refractivity contribution in [1.82, 2.24) is 4.90 Å². The maximum atomic E-state index is 13.1. The Bertz CT molecular complexity index is 856. The van der Waals surface area contributed by atoms with E-state index in [0.29, 0.717) is 0 Å². The second-order valence-electron chi connectivity index (χ2n) is 5.36. The maximum absolute atomic E-state index is 13.1. The van der Waals surface area contributed by atoms with Crippen molar-refractivity contribution >= 4 is 23.2 Å². The number of anilines is 1. The van der Waals surface area contributed by atoms with E-state index >= 15 is 0 Å². The summed E-state index contributed by atoms with van der Waals surface area (Å²) in [6, 6.07) is 9.10. The molecule has 0 aliphatic rings. The third-order valence-electron chi connectivity index (χ3n) is 3.46. The molecule has 0 heterocycles. The fraction of sp³-hybridized carbons (Fsp3) is 0.176. The predicted molar refractivity (Wildman–Crippen MR) is 91.6 cm³/mol. The van der Waals surface area contributed by atoms with Gasteiger partial charge in [-0.15, -0.1) is 0 Å². The zero-order chi connectivity index (χ0) is 19.3. The highest BCUT2D eigenvalue weighted by Crippen LogP contribution is 2.27. The van der Waals surface area contributed by atoms with E-state index in [1.165, 1.54) is 44.5 Å². The highest BCUT2D eigenvalue weighted by Gasteiger charge is 2.21. The lowest BCUT2D eigenvalue weighted by atomic mass is 10.1. The van der Waals surface area contributed by atoms with E-state index < -0.39 is 22.6 Å². The van der Waals surface area contributed by atoms with Gasteiger partial charge in [-0.1, -0.05) is 6.07 Å². The van der Waals surface area contributed by atoms with Crippen molar-refractivity contribution in [2.45, 2.75) is 0 Å². The Hall–Kier alpha value is -3.49. The summed E-state index contributed by atoms with van der Waals surface area (Å²) >= 11 is 0. The Morgan fingerprint density at radius 1 is 1.27 bits per heavy atom. The molecule has 26 heavy (non-hydrogen) atoms. The highest BCUT2D eigenvalue weighted by molar-refractivity contribution is 5.99. The molecule has 9 heteroatoms. The molecule has 0 bridgehead atoms. The van der Waals surface area contributed by atoms with Gasteiger partial charge in [0.25, 0.3) is 5.91 Å².